The summed E-state index contributed by atoms with van der Waals surface area (Å²) in [5, 5.41) is 9.13. The Hall–Kier alpha value is -2.39. The van der Waals surface area contributed by atoms with Gasteiger partial charge in [-0.25, -0.2) is 18.7 Å². The predicted octanol–water partition coefficient (Wildman–Crippen LogP) is 3.31. The summed E-state index contributed by atoms with van der Waals surface area (Å²) in [6.07, 6.45) is 5.91. The van der Waals surface area contributed by atoms with Crippen LogP contribution in [0.1, 0.15) is 18.7 Å². The fourth-order valence-electron chi connectivity index (χ4n) is 4.44. The SMILES string of the molecule is Cn1c(SCCCN2C[C@H]3CC3(c3ncccn3)C2)nnc1-c1ccc(F)c(F)c1. The summed E-state index contributed by atoms with van der Waals surface area (Å²) in [7, 11) is 1.84. The van der Waals surface area contributed by atoms with Crippen LogP contribution in [0.4, 0.5) is 8.78 Å². The maximum absolute atomic E-state index is 13.5. The second kappa shape index (κ2) is 7.70. The first-order valence-electron chi connectivity index (χ1n) is 10.0. The highest BCUT2D eigenvalue weighted by atomic mass is 32.2. The van der Waals surface area contributed by atoms with E-state index in [2.05, 4.69) is 25.1 Å². The van der Waals surface area contributed by atoms with Gasteiger partial charge >= 0.3 is 0 Å². The smallest absolute Gasteiger partial charge is 0.191 e. The first kappa shape index (κ1) is 19.6. The van der Waals surface area contributed by atoms with Gasteiger partial charge in [0.1, 0.15) is 5.82 Å². The van der Waals surface area contributed by atoms with Crippen molar-refractivity contribution in [3.05, 3.63) is 54.1 Å². The molecule has 9 heteroatoms. The molecule has 0 bridgehead atoms. The fourth-order valence-corrected chi connectivity index (χ4v) is 5.27. The molecule has 0 amide bonds. The molecule has 3 aromatic rings. The van der Waals surface area contributed by atoms with Crippen LogP contribution in [0.15, 0.2) is 41.8 Å². The molecule has 1 aromatic carbocycles. The standard InChI is InChI=1S/C21H22F2N6S/c1-28-18(14-4-5-16(22)17(23)10-14)26-27-20(28)30-9-3-8-29-12-15-11-21(15,13-29)19-24-6-2-7-25-19/h2,4-7,10,15H,3,8-9,11-13H2,1H3/t15-,21?/m1/s1. The van der Waals surface area contributed by atoms with Gasteiger partial charge in [0.05, 0.1) is 0 Å². The van der Waals surface area contributed by atoms with Crippen molar-refractivity contribution in [2.45, 2.75) is 23.4 Å². The van der Waals surface area contributed by atoms with Crippen LogP contribution in [0, 0.1) is 17.6 Å². The van der Waals surface area contributed by atoms with E-state index in [0.29, 0.717) is 17.3 Å². The van der Waals surface area contributed by atoms with Crippen LogP contribution in [0.2, 0.25) is 0 Å². The molecule has 2 aliphatic rings. The van der Waals surface area contributed by atoms with Crippen LogP contribution >= 0.6 is 11.8 Å². The summed E-state index contributed by atoms with van der Waals surface area (Å²) < 4.78 is 28.5. The summed E-state index contributed by atoms with van der Waals surface area (Å²) in [4.78, 5) is 11.5. The lowest BCUT2D eigenvalue weighted by Gasteiger charge is -2.19. The molecule has 30 heavy (non-hydrogen) atoms. The number of aromatic nitrogens is 5. The van der Waals surface area contributed by atoms with Crippen molar-refractivity contribution in [1.29, 1.82) is 0 Å². The van der Waals surface area contributed by atoms with Crippen molar-refractivity contribution in [3.8, 4) is 11.4 Å². The molecule has 6 nitrogen and oxygen atoms in total. The molecule has 1 aliphatic carbocycles. The van der Waals surface area contributed by atoms with E-state index in [9.17, 15) is 8.78 Å². The highest BCUT2D eigenvalue weighted by Gasteiger charge is 2.62. The number of halogens is 2. The van der Waals surface area contributed by atoms with Gasteiger partial charge < -0.3 is 9.47 Å². The van der Waals surface area contributed by atoms with Gasteiger partial charge in [-0.1, -0.05) is 11.8 Å². The number of benzene rings is 1. The van der Waals surface area contributed by atoms with E-state index in [1.165, 1.54) is 12.5 Å². The third-order valence-electron chi connectivity index (χ3n) is 6.09. The topological polar surface area (TPSA) is 59.7 Å². The fraction of sp³-hybridized carbons (Fsp3) is 0.429. The van der Waals surface area contributed by atoms with Crippen LogP contribution in [-0.4, -0.2) is 55.0 Å². The average molecular weight is 429 g/mol. The molecule has 1 unspecified atom stereocenters. The van der Waals surface area contributed by atoms with E-state index in [0.717, 1.165) is 54.9 Å². The van der Waals surface area contributed by atoms with E-state index in [4.69, 9.17) is 0 Å². The largest absolute Gasteiger partial charge is 0.305 e. The van der Waals surface area contributed by atoms with Gasteiger partial charge in [-0.2, -0.15) is 0 Å². The van der Waals surface area contributed by atoms with Crippen LogP contribution in [0.3, 0.4) is 0 Å². The Morgan fingerprint density at radius 3 is 2.80 bits per heavy atom. The summed E-state index contributed by atoms with van der Waals surface area (Å²) in [5.74, 6) is 1.38. The quantitative estimate of drug-likeness (QED) is 0.425. The minimum absolute atomic E-state index is 0.178. The van der Waals surface area contributed by atoms with Gasteiger partial charge in [0.15, 0.2) is 22.6 Å². The number of hydrogen-bond acceptors (Lipinski definition) is 6. The van der Waals surface area contributed by atoms with Gasteiger partial charge in [0, 0.05) is 49.3 Å². The van der Waals surface area contributed by atoms with Crippen molar-refractivity contribution in [2.75, 3.05) is 25.4 Å². The molecular weight excluding hydrogens is 406 g/mol. The number of likely N-dealkylation sites (tertiary alicyclic amines) is 1. The molecule has 5 rings (SSSR count). The zero-order valence-corrected chi connectivity index (χ0v) is 17.4. The minimum Gasteiger partial charge on any atom is -0.305 e. The third kappa shape index (κ3) is 3.50. The highest BCUT2D eigenvalue weighted by Crippen LogP contribution is 2.57. The van der Waals surface area contributed by atoms with Gasteiger partial charge in [-0.15, -0.1) is 10.2 Å². The van der Waals surface area contributed by atoms with Crippen molar-refractivity contribution in [3.63, 3.8) is 0 Å². The molecule has 2 atom stereocenters. The predicted molar refractivity (Wildman–Crippen MR) is 110 cm³/mol. The Bertz CT molecular complexity index is 1060. The van der Waals surface area contributed by atoms with Gasteiger partial charge in [-0.05, 0) is 49.6 Å². The van der Waals surface area contributed by atoms with E-state index >= 15 is 0 Å². The molecule has 3 heterocycles. The number of fused-ring (bicyclic) bond motifs is 1. The van der Waals surface area contributed by atoms with Crippen LogP contribution in [-0.2, 0) is 12.5 Å². The Morgan fingerprint density at radius 1 is 1.17 bits per heavy atom. The Labute approximate surface area is 177 Å². The molecule has 1 saturated carbocycles. The maximum Gasteiger partial charge on any atom is 0.191 e. The number of rotatable bonds is 7. The maximum atomic E-state index is 13.5. The van der Waals surface area contributed by atoms with Crippen molar-refractivity contribution in [2.24, 2.45) is 13.0 Å². The van der Waals surface area contributed by atoms with Crippen LogP contribution in [0.5, 0.6) is 0 Å². The highest BCUT2D eigenvalue weighted by molar-refractivity contribution is 7.99. The van der Waals surface area contributed by atoms with E-state index in [-0.39, 0.29) is 5.41 Å². The number of nitrogens with zero attached hydrogens (tertiary/aromatic N) is 6. The number of thioether (sulfide) groups is 1. The molecule has 1 saturated heterocycles. The monoisotopic (exact) mass is 428 g/mol. The second-order valence-corrected chi connectivity index (χ2v) is 9.12. The number of piperidine rings is 1. The zero-order chi connectivity index (χ0) is 20.7. The summed E-state index contributed by atoms with van der Waals surface area (Å²) in [6, 6.07) is 5.65. The molecule has 0 radical (unpaired) electrons. The average Bonchev–Trinajstić information content (AvgIpc) is 3.14. The normalized spacial score (nSPS) is 23.0. The van der Waals surface area contributed by atoms with Crippen molar-refractivity contribution < 1.29 is 8.78 Å². The van der Waals surface area contributed by atoms with Crippen molar-refractivity contribution >= 4 is 11.8 Å². The van der Waals surface area contributed by atoms with Crippen molar-refractivity contribution in [1.82, 2.24) is 29.6 Å². The first-order valence-corrected chi connectivity index (χ1v) is 11.0. The molecular formula is C21H22F2N6S. The molecule has 1 aliphatic heterocycles. The minimum atomic E-state index is -0.882. The Balaban J connectivity index is 1.13. The van der Waals surface area contributed by atoms with Gasteiger partial charge in [0.25, 0.3) is 0 Å². The van der Waals surface area contributed by atoms with Crippen LogP contribution in [0.25, 0.3) is 11.4 Å². The molecule has 156 valence electrons. The third-order valence-corrected chi connectivity index (χ3v) is 7.20. The Kier molecular flexibility index (Phi) is 5.02. The van der Waals surface area contributed by atoms with Gasteiger partial charge in [-0.3, -0.25) is 0 Å². The number of hydrogen-bond donors (Lipinski definition) is 0. The summed E-state index contributed by atoms with van der Waals surface area (Å²) in [6.45, 7) is 3.19. The molecule has 2 aromatic heterocycles. The van der Waals surface area contributed by atoms with Gasteiger partial charge in [0.2, 0.25) is 0 Å². The lowest BCUT2D eigenvalue weighted by atomic mass is 10.1. The molecule has 0 spiro atoms. The first-order chi connectivity index (χ1) is 14.6. The Morgan fingerprint density at radius 2 is 2.00 bits per heavy atom. The second-order valence-electron chi connectivity index (χ2n) is 8.06. The lowest BCUT2D eigenvalue weighted by Crippen LogP contribution is -2.28. The molecule has 0 N–H and O–H groups in total. The van der Waals surface area contributed by atoms with E-state index in [1.807, 2.05) is 30.1 Å². The molecule has 2 fully saturated rings. The zero-order valence-electron chi connectivity index (χ0n) is 16.6. The summed E-state index contributed by atoms with van der Waals surface area (Å²) in [5.41, 5.74) is 0.692. The van der Waals surface area contributed by atoms with E-state index < -0.39 is 11.6 Å². The van der Waals surface area contributed by atoms with Crippen LogP contribution < -0.4 is 0 Å². The lowest BCUT2D eigenvalue weighted by molar-refractivity contribution is 0.297. The van der Waals surface area contributed by atoms with E-state index in [1.54, 1.807) is 11.8 Å². The summed E-state index contributed by atoms with van der Waals surface area (Å²) >= 11 is 1.63.